The summed E-state index contributed by atoms with van der Waals surface area (Å²) in [6.45, 7) is 5.84. The van der Waals surface area contributed by atoms with Crippen molar-refractivity contribution in [2.75, 3.05) is 13.2 Å². The number of unbranched alkanes of at least 4 members (excludes halogenated alkanes) is 3. The molecule has 3 aromatic carbocycles. The number of rotatable bonds is 13. The summed E-state index contributed by atoms with van der Waals surface area (Å²) in [5.74, 6) is 5.86. The van der Waals surface area contributed by atoms with Crippen molar-refractivity contribution in [1.29, 1.82) is 0 Å². The Bertz CT molecular complexity index is 1350. The van der Waals surface area contributed by atoms with E-state index in [1.165, 1.54) is 49.1 Å². The fourth-order valence-corrected chi connectivity index (χ4v) is 3.63. The molecular weight excluding hydrogens is 520 g/mol. The first-order valence-corrected chi connectivity index (χ1v) is 13.6. The highest BCUT2D eigenvalue weighted by Gasteiger charge is 2.11. The highest BCUT2D eigenvalue weighted by molar-refractivity contribution is 5.91. The van der Waals surface area contributed by atoms with Gasteiger partial charge in [-0.15, -0.1) is 0 Å². The Hall–Kier alpha value is -4.83. The van der Waals surface area contributed by atoms with E-state index in [2.05, 4.69) is 37.5 Å². The summed E-state index contributed by atoms with van der Waals surface area (Å²) in [6, 6.07) is 21.2. The van der Waals surface area contributed by atoms with Crippen molar-refractivity contribution in [3.63, 3.8) is 0 Å². The average molecular weight is 555 g/mol. The molecule has 0 fully saturated rings. The van der Waals surface area contributed by atoms with Crippen LogP contribution in [-0.4, -0.2) is 31.3 Å². The van der Waals surface area contributed by atoms with Gasteiger partial charge in [0.1, 0.15) is 11.5 Å². The van der Waals surface area contributed by atoms with Crippen LogP contribution in [0.1, 0.15) is 66.1 Å². The summed E-state index contributed by atoms with van der Waals surface area (Å²) in [7, 11) is 0. The summed E-state index contributed by atoms with van der Waals surface area (Å²) >= 11 is 0. The molecule has 0 aliphatic carbocycles. The van der Waals surface area contributed by atoms with Gasteiger partial charge >= 0.3 is 18.1 Å². The van der Waals surface area contributed by atoms with Crippen molar-refractivity contribution in [2.45, 2.75) is 45.4 Å². The third kappa shape index (κ3) is 11.4. The van der Waals surface area contributed by atoms with Crippen LogP contribution in [0.4, 0.5) is 4.79 Å². The van der Waals surface area contributed by atoms with E-state index in [0.29, 0.717) is 24.2 Å². The first-order valence-electron chi connectivity index (χ1n) is 13.6. The number of carbonyl (C=O) groups is 3. The molecule has 0 atom stereocenters. The Morgan fingerprint density at radius 1 is 0.707 bits per heavy atom. The Labute approximate surface area is 241 Å². The number of ether oxygens (including phenoxy) is 4. The van der Waals surface area contributed by atoms with Crippen LogP contribution in [0.15, 0.2) is 85.5 Å². The Morgan fingerprint density at radius 3 is 1.88 bits per heavy atom. The molecule has 41 heavy (non-hydrogen) atoms. The minimum atomic E-state index is -0.869. The third-order valence-electron chi connectivity index (χ3n) is 5.90. The smallest absolute Gasteiger partial charge is 0.463 e. The summed E-state index contributed by atoms with van der Waals surface area (Å²) in [5, 5.41) is 0. The standard InChI is InChI=1S/C34H34O7/c1-3-5-6-9-26-10-12-27(13-11-26)14-15-28-16-20-30(21-17-28)40-33(36)29-18-22-31(23-19-29)41-34(37)39-25-8-7-24-38-32(35)4-2/h4,10-13,16-23H,2-3,5-9,24-25H2,1H3. The van der Waals surface area contributed by atoms with E-state index in [1.54, 1.807) is 24.3 Å². The fraction of sp³-hybridized carbons (Fsp3) is 0.265. The molecule has 0 saturated carbocycles. The van der Waals surface area contributed by atoms with Crippen molar-refractivity contribution < 1.29 is 33.3 Å². The summed E-state index contributed by atoms with van der Waals surface area (Å²) in [4.78, 5) is 35.3. The second-order valence-electron chi connectivity index (χ2n) is 9.12. The molecule has 7 nitrogen and oxygen atoms in total. The van der Waals surface area contributed by atoms with Crippen LogP contribution >= 0.6 is 0 Å². The summed E-state index contributed by atoms with van der Waals surface area (Å²) in [6.07, 6.45) is 6.01. The maximum atomic E-state index is 12.5. The molecule has 0 bridgehead atoms. The molecule has 0 spiro atoms. The molecule has 7 heteroatoms. The number of hydrogen-bond acceptors (Lipinski definition) is 7. The number of benzene rings is 3. The van der Waals surface area contributed by atoms with E-state index >= 15 is 0 Å². The van der Waals surface area contributed by atoms with Crippen LogP contribution in [-0.2, 0) is 20.7 Å². The zero-order valence-electron chi connectivity index (χ0n) is 23.2. The van der Waals surface area contributed by atoms with Gasteiger partial charge in [-0.05, 0) is 91.9 Å². The number of carbonyl (C=O) groups excluding carboxylic acids is 3. The molecule has 0 amide bonds. The maximum absolute atomic E-state index is 12.5. The quantitative estimate of drug-likeness (QED) is 0.0558. The zero-order chi connectivity index (χ0) is 29.3. The monoisotopic (exact) mass is 554 g/mol. The number of esters is 2. The number of aryl methyl sites for hydroxylation is 1. The van der Waals surface area contributed by atoms with Gasteiger partial charge in [0, 0.05) is 17.2 Å². The lowest BCUT2D eigenvalue weighted by atomic mass is 10.1. The minimum absolute atomic E-state index is 0.117. The van der Waals surface area contributed by atoms with E-state index in [9.17, 15) is 14.4 Å². The van der Waals surface area contributed by atoms with Gasteiger partial charge in [-0.2, -0.15) is 0 Å². The minimum Gasteiger partial charge on any atom is -0.463 e. The van der Waals surface area contributed by atoms with Crippen molar-refractivity contribution >= 4 is 18.1 Å². The van der Waals surface area contributed by atoms with Gasteiger partial charge in [0.2, 0.25) is 0 Å². The zero-order valence-corrected chi connectivity index (χ0v) is 23.2. The Balaban J connectivity index is 1.41. The topological polar surface area (TPSA) is 88.1 Å². The van der Waals surface area contributed by atoms with E-state index in [4.69, 9.17) is 18.9 Å². The van der Waals surface area contributed by atoms with E-state index in [0.717, 1.165) is 23.6 Å². The van der Waals surface area contributed by atoms with Crippen LogP contribution in [0.3, 0.4) is 0 Å². The second kappa shape index (κ2) is 17.0. The molecule has 0 saturated heterocycles. The van der Waals surface area contributed by atoms with Crippen molar-refractivity contribution in [3.05, 3.63) is 108 Å². The van der Waals surface area contributed by atoms with Crippen LogP contribution in [0.2, 0.25) is 0 Å². The highest BCUT2D eigenvalue weighted by atomic mass is 16.7. The van der Waals surface area contributed by atoms with Gasteiger partial charge in [-0.1, -0.05) is 50.3 Å². The van der Waals surface area contributed by atoms with E-state index < -0.39 is 18.1 Å². The predicted molar refractivity (Wildman–Crippen MR) is 156 cm³/mol. The lowest BCUT2D eigenvalue weighted by Crippen LogP contribution is -2.12. The van der Waals surface area contributed by atoms with E-state index in [-0.39, 0.29) is 19.0 Å². The molecular formula is C34H34O7. The van der Waals surface area contributed by atoms with Crippen molar-refractivity contribution in [3.8, 4) is 23.3 Å². The predicted octanol–water partition coefficient (Wildman–Crippen LogP) is 7.06. The van der Waals surface area contributed by atoms with Crippen LogP contribution in [0.5, 0.6) is 11.5 Å². The van der Waals surface area contributed by atoms with Gasteiger partial charge < -0.3 is 18.9 Å². The van der Waals surface area contributed by atoms with Gasteiger partial charge in [0.25, 0.3) is 0 Å². The molecule has 0 N–H and O–H groups in total. The third-order valence-corrected chi connectivity index (χ3v) is 5.90. The summed E-state index contributed by atoms with van der Waals surface area (Å²) < 4.78 is 20.4. The molecule has 0 aliphatic rings. The first kappa shape index (κ1) is 30.7. The van der Waals surface area contributed by atoms with Crippen LogP contribution in [0.25, 0.3) is 0 Å². The number of hydrogen-bond donors (Lipinski definition) is 0. The normalized spacial score (nSPS) is 10.1. The average Bonchev–Trinajstić information content (AvgIpc) is 2.99. The maximum Gasteiger partial charge on any atom is 0.513 e. The lowest BCUT2D eigenvalue weighted by Gasteiger charge is -2.07. The molecule has 0 aliphatic heterocycles. The molecule has 0 aromatic heterocycles. The SMILES string of the molecule is C=CC(=O)OCCCCOC(=O)Oc1ccc(C(=O)Oc2ccc(C#Cc3ccc(CCCCC)cc3)cc2)cc1. The Morgan fingerprint density at radius 2 is 1.27 bits per heavy atom. The van der Waals surface area contributed by atoms with Crippen molar-refractivity contribution in [2.24, 2.45) is 0 Å². The highest BCUT2D eigenvalue weighted by Crippen LogP contribution is 2.17. The first-order chi connectivity index (χ1) is 20.0. The van der Waals surface area contributed by atoms with Crippen LogP contribution in [0, 0.1) is 11.8 Å². The lowest BCUT2D eigenvalue weighted by molar-refractivity contribution is -0.137. The second-order valence-corrected chi connectivity index (χ2v) is 9.12. The molecule has 212 valence electrons. The van der Waals surface area contributed by atoms with Crippen LogP contribution < -0.4 is 9.47 Å². The van der Waals surface area contributed by atoms with Gasteiger partial charge in [0.15, 0.2) is 0 Å². The molecule has 3 aromatic rings. The fourth-order valence-electron chi connectivity index (χ4n) is 3.63. The summed E-state index contributed by atoms with van der Waals surface area (Å²) in [5.41, 5.74) is 3.38. The molecule has 0 heterocycles. The molecule has 0 unspecified atom stereocenters. The Kier molecular flexibility index (Phi) is 12.7. The van der Waals surface area contributed by atoms with E-state index in [1.807, 2.05) is 12.1 Å². The largest absolute Gasteiger partial charge is 0.513 e. The van der Waals surface area contributed by atoms with Gasteiger partial charge in [-0.3, -0.25) is 0 Å². The van der Waals surface area contributed by atoms with Gasteiger partial charge in [-0.25, -0.2) is 14.4 Å². The molecule has 0 radical (unpaired) electrons. The van der Waals surface area contributed by atoms with Crippen molar-refractivity contribution in [1.82, 2.24) is 0 Å². The van der Waals surface area contributed by atoms with Gasteiger partial charge in [0.05, 0.1) is 18.8 Å². The molecule has 3 rings (SSSR count).